The summed E-state index contributed by atoms with van der Waals surface area (Å²) in [7, 11) is 1.73. The second-order valence-corrected chi connectivity index (χ2v) is 4.89. The molecular formula is C14H22N2O. The highest BCUT2D eigenvalue weighted by atomic mass is 16.5. The zero-order chi connectivity index (χ0) is 12.4. The largest absolute Gasteiger partial charge is 0.495 e. The van der Waals surface area contributed by atoms with Crippen molar-refractivity contribution < 1.29 is 4.74 Å². The van der Waals surface area contributed by atoms with Crippen LogP contribution in [0.5, 0.6) is 5.75 Å². The first kappa shape index (κ1) is 12.2. The maximum atomic E-state index is 5.81. The van der Waals surface area contributed by atoms with E-state index in [1.807, 2.05) is 6.07 Å². The van der Waals surface area contributed by atoms with E-state index in [1.54, 1.807) is 7.11 Å². The third kappa shape index (κ3) is 2.25. The van der Waals surface area contributed by atoms with Crippen LogP contribution < -0.4 is 15.4 Å². The minimum absolute atomic E-state index is 0.496. The number of methoxy groups -OCH3 is 1. The fraction of sp³-hybridized carbons (Fsp3) is 0.571. The highest BCUT2D eigenvalue weighted by Gasteiger charge is 2.31. The molecule has 0 aliphatic carbocycles. The number of ether oxygens (including phenoxy) is 1. The molecule has 1 heterocycles. The molecule has 0 bridgehead atoms. The molecule has 0 saturated carbocycles. The number of nitrogens with zero attached hydrogens (tertiary/aromatic N) is 1. The summed E-state index contributed by atoms with van der Waals surface area (Å²) in [6.45, 7) is 6.21. The molecular weight excluding hydrogens is 212 g/mol. The second-order valence-electron chi connectivity index (χ2n) is 4.89. The van der Waals surface area contributed by atoms with Crippen molar-refractivity contribution in [3.63, 3.8) is 0 Å². The minimum Gasteiger partial charge on any atom is -0.495 e. The van der Waals surface area contributed by atoms with Gasteiger partial charge in [-0.1, -0.05) is 6.07 Å². The van der Waals surface area contributed by atoms with E-state index < -0.39 is 0 Å². The molecule has 1 aromatic rings. The Morgan fingerprint density at radius 2 is 2.24 bits per heavy atom. The fourth-order valence-corrected chi connectivity index (χ4v) is 2.68. The zero-order valence-electron chi connectivity index (χ0n) is 10.9. The van der Waals surface area contributed by atoms with E-state index in [-0.39, 0.29) is 0 Å². The van der Waals surface area contributed by atoms with Gasteiger partial charge in [-0.25, -0.2) is 0 Å². The van der Waals surface area contributed by atoms with Crippen molar-refractivity contribution in [2.45, 2.75) is 26.3 Å². The number of nitrogens with two attached hydrogens (primary N) is 1. The van der Waals surface area contributed by atoms with Crippen LogP contribution in [0.2, 0.25) is 0 Å². The van der Waals surface area contributed by atoms with Crippen LogP contribution >= 0.6 is 0 Å². The van der Waals surface area contributed by atoms with Crippen LogP contribution in [0.1, 0.15) is 18.9 Å². The van der Waals surface area contributed by atoms with Crippen molar-refractivity contribution in [2.75, 3.05) is 25.1 Å². The molecule has 2 N–H and O–H groups in total. The number of hydrogen-bond donors (Lipinski definition) is 1. The Hall–Kier alpha value is -1.22. The van der Waals surface area contributed by atoms with E-state index in [0.29, 0.717) is 12.0 Å². The number of benzene rings is 1. The predicted molar refractivity (Wildman–Crippen MR) is 71.7 cm³/mol. The summed E-state index contributed by atoms with van der Waals surface area (Å²) in [5, 5.41) is 0. The molecule has 1 saturated heterocycles. The molecule has 2 rings (SSSR count). The highest BCUT2D eigenvalue weighted by Crippen LogP contribution is 2.36. The third-order valence-electron chi connectivity index (χ3n) is 3.86. The van der Waals surface area contributed by atoms with Gasteiger partial charge in [0.2, 0.25) is 0 Å². The SMILES string of the molecule is COc1ccc(C)cc1N1CCC(CN)C1C. The van der Waals surface area contributed by atoms with E-state index in [0.717, 1.165) is 18.8 Å². The van der Waals surface area contributed by atoms with Crippen molar-refractivity contribution in [1.29, 1.82) is 0 Å². The Morgan fingerprint density at radius 1 is 1.47 bits per heavy atom. The quantitative estimate of drug-likeness (QED) is 0.871. The lowest BCUT2D eigenvalue weighted by molar-refractivity contribution is 0.413. The van der Waals surface area contributed by atoms with Gasteiger partial charge in [0.15, 0.2) is 0 Å². The monoisotopic (exact) mass is 234 g/mol. The number of hydrogen-bond acceptors (Lipinski definition) is 3. The Labute approximate surface area is 104 Å². The lowest BCUT2D eigenvalue weighted by Crippen LogP contribution is -2.32. The molecule has 0 amide bonds. The fourth-order valence-electron chi connectivity index (χ4n) is 2.68. The van der Waals surface area contributed by atoms with Gasteiger partial charge in [0, 0.05) is 12.6 Å². The van der Waals surface area contributed by atoms with Crippen molar-refractivity contribution in [2.24, 2.45) is 11.7 Å². The van der Waals surface area contributed by atoms with Crippen molar-refractivity contribution in [3.8, 4) is 5.75 Å². The standard InChI is InChI=1S/C14H22N2O/c1-10-4-5-14(17-3)13(8-10)16-7-6-12(9-15)11(16)2/h4-5,8,11-12H,6-7,9,15H2,1-3H3. The van der Waals surface area contributed by atoms with Crippen LogP contribution in [0, 0.1) is 12.8 Å². The molecule has 1 aliphatic heterocycles. The third-order valence-corrected chi connectivity index (χ3v) is 3.86. The molecule has 17 heavy (non-hydrogen) atoms. The first-order chi connectivity index (χ1) is 8.17. The van der Waals surface area contributed by atoms with Crippen molar-refractivity contribution in [1.82, 2.24) is 0 Å². The van der Waals surface area contributed by atoms with Crippen LogP contribution in [0.15, 0.2) is 18.2 Å². The Kier molecular flexibility index (Phi) is 3.57. The predicted octanol–water partition coefficient (Wildman–Crippen LogP) is 2.18. The first-order valence-electron chi connectivity index (χ1n) is 6.28. The van der Waals surface area contributed by atoms with Gasteiger partial charge >= 0.3 is 0 Å². The molecule has 3 nitrogen and oxygen atoms in total. The molecule has 0 radical (unpaired) electrons. The van der Waals surface area contributed by atoms with E-state index in [9.17, 15) is 0 Å². The minimum atomic E-state index is 0.496. The Balaban J connectivity index is 2.31. The number of rotatable bonds is 3. The van der Waals surface area contributed by atoms with Gasteiger partial charge in [0.05, 0.1) is 12.8 Å². The molecule has 0 aromatic heterocycles. The smallest absolute Gasteiger partial charge is 0.142 e. The zero-order valence-corrected chi connectivity index (χ0v) is 10.9. The van der Waals surface area contributed by atoms with Crippen LogP contribution in [-0.4, -0.2) is 26.2 Å². The lowest BCUT2D eigenvalue weighted by atomic mass is 10.0. The van der Waals surface area contributed by atoms with Crippen molar-refractivity contribution in [3.05, 3.63) is 23.8 Å². The number of anilines is 1. The van der Waals surface area contributed by atoms with E-state index in [2.05, 4.69) is 30.9 Å². The van der Waals surface area contributed by atoms with E-state index in [1.165, 1.54) is 17.7 Å². The molecule has 1 fully saturated rings. The Bertz CT molecular complexity index is 392. The van der Waals surface area contributed by atoms with Crippen molar-refractivity contribution >= 4 is 5.69 Å². The van der Waals surface area contributed by atoms with Crippen LogP contribution in [0.3, 0.4) is 0 Å². The summed E-state index contributed by atoms with van der Waals surface area (Å²) in [4.78, 5) is 2.42. The van der Waals surface area contributed by atoms with Crippen LogP contribution in [0.25, 0.3) is 0 Å². The first-order valence-corrected chi connectivity index (χ1v) is 6.28. The molecule has 1 aromatic carbocycles. The summed E-state index contributed by atoms with van der Waals surface area (Å²) < 4.78 is 5.46. The Morgan fingerprint density at radius 3 is 2.82 bits per heavy atom. The summed E-state index contributed by atoms with van der Waals surface area (Å²) >= 11 is 0. The van der Waals surface area contributed by atoms with Gasteiger partial charge < -0.3 is 15.4 Å². The molecule has 3 heteroatoms. The summed E-state index contributed by atoms with van der Waals surface area (Å²) in [6.07, 6.45) is 1.18. The molecule has 1 aliphatic rings. The van der Waals surface area contributed by atoms with Gasteiger partial charge in [-0.05, 0) is 50.4 Å². The summed E-state index contributed by atoms with van der Waals surface area (Å²) in [6, 6.07) is 6.83. The molecule has 2 atom stereocenters. The van der Waals surface area contributed by atoms with Gasteiger partial charge in [0.25, 0.3) is 0 Å². The van der Waals surface area contributed by atoms with E-state index in [4.69, 9.17) is 10.5 Å². The van der Waals surface area contributed by atoms with Gasteiger partial charge in [-0.3, -0.25) is 0 Å². The lowest BCUT2D eigenvalue weighted by Gasteiger charge is -2.28. The van der Waals surface area contributed by atoms with Gasteiger partial charge in [-0.2, -0.15) is 0 Å². The molecule has 94 valence electrons. The molecule has 2 unspecified atom stereocenters. The second kappa shape index (κ2) is 4.96. The summed E-state index contributed by atoms with van der Waals surface area (Å²) in [5.41, 5.74) is 8.28. The number of aryl methyl sites for hydroxylation is 1. The topological polar surface area (TPSA) is 38.5 Å². The average molecular weight is 234 g/mol. The maximum absolute atomic E-state index is 5.81. The van der Waals surface area contributed by atoms with E-state index >= 15 is 0 Å². The maximum Gasteiger partial charge on any atom is 0.142 e. The molecule has 0 spiro atoms. The van der Waals surface area contributed by atoms with Gasteiger partial charge in [-0.15, -0.1) is 0 Å². The van der Waals surface area contributed by atoms with Crippen LogP contribution in [0.4, 0.5) is 5.69 Å². The summed E-state index contributed by atoms with van der Waals surface area (Å²) in [5.74, 6) is 1.56. The highest BCUT2D eigenvalue weighted by molar-refractivity contribution is 5.61. The van der Waals surface area contributed by atoms with Crippen LogP contribution in [-0.2, 0) is 0 Å². The normalized spacial score (nSPS) is 24.1. The van der Waals surface area contributed by atoms with Gasteiger partial charge in [0.1, 0.15) is 5.75 Å². The average Bonchev–Trinajstić information content (AvgIpc) is 2.70.